The van der Waals surface area contributed by atoms with Gasteiger partial charge in [0, 0.05) is 6.61 Å². The van der Waals surface area contributed by atoms with Gasteiger partial charge in [-0.15, -0.1) is 0 Å². The summed E-state index contributed by atoms with van der Waals surface area (Å²) in [6, 6.07) is 8.13. The Morgan fingerprint density at radius 1 is 1.29 bits per heavy atom. The zero-order valence-electron chi connectivity index (χ0n) is 10.6. The highest BCUT2D eigenvalue weighted by molar-refractivity contribution is 5.24. The smallest absolute Gasteiger partial charge is 0.102 e. The number of aliphatic hydroxyl groups is 1. The predicted octanol–water partition coefficient (Wildman–Crippen LogP) is 3.10. The van der Waals surface area contributed by atoms with Crippen LogP contribution in [0.2, 0.25) is 0 Å². The molecule has 1 aliphatic carbocycles. The standard InChI is InChI=1S/C15H22O2/c1-2-12-5-7-14(8-6-12)15(16)11-17-10-9-13-3-4-13/h5-8,13,15-16H,2-4,9-11H2,1H3. The van der Waals surface area contributed by atoms with Crippen LogP contribution in [0.4, 0.5) is 0 Å². The van der Waals surface area contributed by atoms with Gasteiger partial charge in [-0.25, -0.2) is 0 Å². The Bertz CT molecular complexity index is 327. The number of ether oxygens (including phenoxy) is 1. The van der Waals surface area contributed by atoms with E-state index in [9.17, 15) is 5.11 Å². The lowest BCUT2D eigenvalue weighted by molar-refractivity contribution is 0.0336. The van der Waals surface area contributed by atoms with Gasteiger partial charge in [-0.2, -0.15) is 0 Å². The molecule has 94 valence electrons. The Morgan fingerprint density at radius 3 is 2.59 bits per heavy atom. The van der Waals surface area contributed by atoms with Crippen molar-refractivity contribution in [3.05, 3.63) is 35.4 Å². The van der Waals surface area contributed by atoms with Crippen molar-refractivity contribution in [1.82, 2.24) is 0 Å². The van der Waals surface area contributed by atoms with E-state index in [4.69, 9.17) is 4.74 Å². The van der Waals surface area contributed by atoms with Crippen molar-refractivity contribution >= 4 is 0 Å². The summed E-state index contributed by atoms with van der Waals surface area (Å²) in [5, 5.41) is 9.94. The number of benzene rings is 1. The van der Waals surface area contributed by atoms with Crippen LogP contribution in [0.25, 0.3) is 0 Å². The van der Waals surface area contributed by atoms with Gasteiger partial charge in [0.05, 0.1) is 6.61 Å². The van der Waals surface area contributed by atoms with Crippen molar-refractivity contribution in [2.45, 2.75) is 38.7 Å². The third-order valence-electron chi connectivity index (χ3n) is 3.42. The lowest BCUT2D eigenvalue weighted by atomic mass is 10.1. The molecule has 0 bridgehead atoms. The molecule has 17 heavy (non-hydrogen) atoms. The fourth-order valence-corrected chi connectivity index (χ4v) is 1.92. The van der Waals surface area contributed by atoms with Gasteiger partial charge in [0.2, 0.25) is 0 Å². The van der Waals surface area contributed by atoms with Crippen LogP contribution in [0.15, 0.2) is 24.3 Å². The van der Waals surface area contributed by atoms with Crippen LogP contribution < -0.4 is 0 Å². The summed E-state index contributed by atoms with van der Waals surface area (Å²) in [5.74, 6) is 0.899. The Kier molecular flexibility index (Phi) is 4.57. The lowest BCUT2D eigenvalue weighted by Crippen LogP contribution is -2.08. The summed E-state index contributed by atoms with van der Waals surface area (Å²) < 4.78 is 5.51. The number of rotatable bonds is 7. The Balaban J connectivity index is 1.71. The largest absolute Gasteiger partial charge is 0.386 e. The van der Waals surface area contributed by atoms with Crippen molar-refractivity contribution < 1.29 is 9.84 Å². The second-order valence-corrected chi connectivity index (χ2v) is 4.92. The van der Waals surface area contributed by atoms with Crippen molar-refractivity contribution in [2.75, 3.05) is 13.2 Å². The van der Waals surface area contributed by atoms with Crippen LogP contribution in [0, 0.1) is 5.92 Å². The fourth-order valence-electron chi connectivity index (χ4n) is 1.92. The van der Waals surface area contributed by atoms with E-state index >= 15 is 0 Å². The summed E-state index contributed by atoms with van der Waals surface area (Å²) >= 11 is 0. The molecule has 1 aliphatic rings. The Morgan fingerprint density at radius 2 is 2.00 bits per heavy atom. The van der Waals surface area contributed by atoms with Crippen molar-refractivity contribution in [2.24, 2.45) is 5.92 Å². The van der Waals surface area contributed by atoms with E-state index < -0.39 is 6.10 Å². The molecule has 0 radical (unpaired) electrons. The molecule has 2 heteroatoms. The molecule has 0 saturated heterocycles. The minimum absolute atomic E-state index is 0.415. The first-order chi connectivity index (χ1) is 8.29. The normalized spacial score (nSPS) is 17.1. The number of hydrogen-bond donors (Lipinski definition) is 1. The highest BCUT2D eigenvalue weighted by Crippen LogP contribution is 2.32. The summed E-state index contributed by atoms with van der Waals surface area (Å²) in [4.78, 5) is 0. The van der Waals surface area contributed by atoms with Crippen LogP contribution in [0.3, 0.4) is 0 Å². The number of hydrogen-bond acceptors (Lipinski definition) is 2. The minimum Gasteiger partial charge on any atom is -0.386 e. The summed E-state index contributed by atoms with van der Waals surface area (Å²) in [7, 11) is 0. The molecule has 2 rings (SSSR count). The topological polar surface area (TPSA) is 29.5 Å². The fraction of sp³-hybridized carbons (Fsp3) is 0.600. The zero-order chi connectivity index (χ0) is 12.1. The second-order valence-electron chi connectivity index (χ2n) is 4.92. The maximum atomic E-state index is 9.94. The zero-order valence-corrected chi connectivity index (χ0v) is 10.6. The molecule has 0 amide bonds. The van der Waals surface area contributed by atoms with Crippen molar-refractivity contribution in [3.8, 4) is 0 Å². The molecule has 1 unspecified atom stereocenters. The predicted molar refractivity (Wildman–Crippen MR) is 68.9 cm³/mol. The van der Waals surface area contributed by atoms with Crippen LogP contribution in [0.5, 0.6) is 0 Å². The molecule has 0 spiro atoms. The first-order valence-corrected chi connectivity index (χ1v) is 6.64. The highest BCUT2D eigenvalue weighted by Gasteiger charge is 2.20. The van der Waals surface area contributed by atoms with Crippen LogP contribution in [-0.2, 0) is 11.2 Å². The third-order valence-corrected chi connectivity index (χ3v) is 3.42. The first kappa shape index (κ1) is 12.6. The molecule has 1 fully saturated rings. The van der Waals surface area contributed by atoms with Gasteiger partial charge in [0.25, 0.3) is 0 Å². The van der Waals surface area contributed by atoms with Gasteiger partial charge < -0.3 is 9.84 Å². The van der Waals surface area contributed by atoms with E-state index in [0.29, 0.717) is 6.61 Å². The second kappa shape index (κ2) is 6.18. The average molecular weight is 234 g/mol. The summed E-state index contributed by atoms with van der Waals surface area (Å²) in [6.45, 7) is 3.33. The molecule has 0 heterocycles. The van der Waals surface area contributed by atoms with Gasteiger partial charge >= 0.3 is 0 Å². The maximum Gasteiger partial charge on any atom is 0.102 e. The molecular formula is C15H22O2. The van der Waals surface area contributed by atoms with Gasteiger partial charge in [0.15, 0.2) is 0 Å². The molecule has 1 aromatic rings. The number of aryl methyl sites for hydroxylation is 1. The summed E-state index contributed by atoms with van der Waals surface area (Å²) in [6.07, 6.45) is 4.44. The third kappa shape index (κ3) is 4.14. The molecular weight excluding hydrogens is 212 g/mol. The SMILES string of the molecule is CCc1ccc(C(O)COCCC2CC2)cc1. The monoisotopic (exact) mass is 234 g/mol. The molecule has 1 N–H and O–H groups in total. The minimum atomic E-state index is -0.486. The first-order valence-electron chi connectivity index (χ1n) is 6.64. The Hall–Kier alpha value is -0.860. The summed E-state index contributed by atoms with van der Waals surface area (Å²) in [5.41, 5.74) is 2.25. The van der Waals surface area contributed by atoms with Gasteiger partial charge in [-0.3, -0.25) is 0 Å². The van der Waals surface area contributed by atoms with Crippen LogP contribution >= 0.6 is 0 Å². The lowest BCUT2D eigenvalue weighted by Gasteiger charge is -2.12. The molecule has 1 aromatic carbocycles. The molecule has 1 atom stereocenters. The Labute approximate surface area is 104 Å². The van der Waals surface area contributed by atoms with Gasteiger partial charge in [-0.05, 0) is 29.9 Å². The molecule has 1 saturated carbocycles. The maximum absolute atomic E-state index is 9.94. The van der Waals surface area contributed by atoms with E-state index in [2.05, 4.69) is 19.1 Å². The van der Waals surface area contributed by atoms with Crippen molar-refractivity contribution in [3.63, 3.8) is 0 Å². The quantitative estimate of drug-likeness (QED) is 0.735. The molecule has 2 nitrogen and oxygen atoms in total. The van der Waals surface area contributed by atoms with Crippen molar-refractivity contribution in [1.29, 1.82) is 0 Å². The van der Waals surface area contributed by atoms with Gasteiger partial charge in [0.1, 0.15) is 6.10 Å². The average Bonchev–Trinajstić information content (AvgIpc) is 3.18. The van der Waals surface area contributed by atoms with Crippen LogP contribution in [-0.4, -0.2) is 18.3 Å². The van der Waals surface area contributed by atoms with Crippen LogP contribution in [0.1, 0.15) is 43.4 Å². The molecule has 0 aromatic heterocycles. The molecule has 0 aliphatic heterocycles. The van der Waals surface area contributed by atoms with E-state index in [1.54, 1.807) is 0 Å². The van der Waals surface area contributed by atoms with E-state index in [-0.39, 0.29) is 0 Å². The van der Waals surface area contributed by atoms with Gasteiger partial charge in [-0.1, -0.05) is 44.0 Å². The van der Waals surface area contributed by atoms with E-state index in [1.807, 2.05) is 12.1 Å². The number of aliphatic hydroxyl groups excluding tert-OH is 1. The van der Waals surface area contributed by atoms with E-state index in [1.165, 1.54) is 18.4 Å². The highest BCUT2D eigenvalue weighted by atomic mass is 16.5. The van der Waals surface area contributed by atoms with E-state index in [0.717, 1.165) is 30.9 Å².